The normalized spacial score (nSPS) is 21.5. The van der Waals surface area contributed by atoms with E-state index in [0.29, 0.717) is 25.2 Å². The van der Waals surface area contributed by atoms with Gasteiger partial charge >= 0.3 is 0 Å². The Morgan fingerprint density at radius 1 is 1.17 bits per heavy atom. The smallest absolute Gasteiger partial charge is 0.244 e. The van der Waals surface area contributed by atoms with Gasteiger partial charge in [-0.05, 0) is 25.6 Å². The van der Waals surface area contributed by atoms with Crippen LogP contribution >= 0.6 is 0 Å². The fraction of sp³-hybridized carbons (Fsp3) is 0.471. The highest BCUT2D eigenvalue weighted by atomic mass is 19.1. The van der Waals surface area contributed by atoms with Crippen LogP contribution in [0.4, 0.5) is 10.1 Å². The molecule has 0 N–H and O–H groups in total. The number of imide groups is 1. The Balaban J connectivity index is 1.61. The first-order valence-corrected chi connectivity index (χ1v) is 8.08. The number of carbonyl (C=O) groups excluding carboxylic acids is 3. The van der Waals surface area contributed by atoms with Crippen molar-refractivity contribution in [3.05, 3.63) is 30.1 Å². The molecule has 128 valence electrons. The molecule has 2 fully saturated rings. The summed E-state index contributed by atoms with van der Waals surface area (Å²) in [7, 11) is 1.79. The van der Waals surface area contributed by atoms with Crippen molar-refractivity contribution in [2.45, 2.75) is 25.3 Å². The van der Waals surface area contributed by atoms with Gasteiger partial charge < -0.3 is 4.90 Å². The molecule has 0 saturated carbocycles. The lowest BCUT2D eigenvalue weighted by Crippen LogP contribution is -2.44. The number of anilines is 1. The van der Waals surface area contributed by atoms with E-state index >= 15 is 0 Å². The number of benzene rings is 1. The number of nitrogens with zero attached hydrogens (tertiary/aromatic N) is 3. The number of likely N-dealkylation sites (tertiary alicyclic amines) is 1. The maximum absolute atomic E-state index is 13.9. The maximum atomic E-state index is 13.9. The molecular formula is C17H20FN3O3. The van der Waals surface area contributed by atoms with Crippen LogP contribution in [0.2, 0.25) is 0 Å². The lowest BCUT2D eigenvalue weighted by Gasteiger charge is -2.25. The molecule has 2 aliphatic rings. The van der Waals surface area contributed by atoms with Crippen LogP contribution in [0.15, 0.2) is 24.3 Å². The zero-order valence-corrected chi connectivity index (χ0v) is 13.6. The summed E-state index contributed by atoms with van der Waals surface area (Å²) in [6.45, 7) is 1.17. The molecule has 2 aliphatic heterocycles. The van der Waals surface area contributed by atoms with E-state index < -0.39 is 5.82 Å². The minimum Gasteiger partial charge on any atom is -0.308 e. The van der Waals surface area contributed by atoms with E-state index in [4.69, 9.17) is 0 Å². The molecule has 0 unspecified atom stereocenters. The summed E-state index contributed by atoms with van der Waals surface area (Å²) >= 11 is 0. The molecule has 0 aromatic heterocycles. The minimum absolute atomic E-state index is 0.151. The van der Waals surface area contributed by atoms with E-state index in [2.05, 4.69) is 0 Å². The Hall–Kier alpha value is -2.28. The van der Waals surface area contributed by atoms with Gasteiger partial charge in [-0.3, -0.25) is 24.2 Å². The molecule has 1 aromatic rings. The molecule has 3 rings (SSSR count). The lowest BCUT2D eigenvalue weighted by molar-refractivity contribution is -0.138. The maximum Gasteiger partial charge on any atom is 0.244 e. The third-order valence-corrected chi connectivity index (χ3v) is 4.68. The van der Waals surface area contributed by atoms with Crippen LogP contribution in [0.5, 0.6) is 0 Å². The number of hydrogen-bond donors (Lipinski definition) is 0. The SMILES string of the molecule is CN(CCN1C(=O)CCC1=O)[C@@H]1CCN(c2ccccc2F)C1=O. The standard InChI is InChI=1S/C17H20FN3O3/c1-19(10-11-21-15(22)6-7-16(21)23)14-8-9-20(17(14)24)13-5-3-2-4-12(13)18/h2-5,14H,6-11H2,1H3/t14-/m1/s1. The van der Waals surface area contributed by atoms with Crippen molar-refractivity contribution in [2.24, 2.45) is 0 Å². The average molecular weight is 333 g/mol. The second-order valence-electron chi connectivity index (χ2n) is 6.17. The molecule has 0 spiro atoms. The topological polar surface area (TPSA) is 60.9 Å². The van der Waals surface area contributed by atoms with Crippen molar-refractivity contribution in [3.63, 3.8) is 0 Å². The molecule has 0 radical (unpaired) electrons. The molecule has 0 bridgehead atoms. The first-order valence-electron chi connectivity index (χ1n) is 8.08. The van der Waals surface area contributed by atoms with E-state index in [1.54, 1.807) is 25.2 Å². The van der Waals surface area contributed by atoms with Gasteiger partial charge in [0.1, 0.15) is 5.82 Å². The predicted octanol–water partition coefficient (Wildman–Crippen LogP) is 1.01. The molecule has 24 heavy (non-hydrogen) atoms. The summed E-state index contributed by atoms with van der Waals surface area (Å²) in [6.07, 6.45) is 1.13. The molecule has 1 atom stereocenters. The molecule has 3 amide bonds. The van der Waals surface area contributed by atoms with E-state index in [0.717, 1.165) is 0 Å². The highest BCUT2D eigenvalue weighted by Gasteiger charge is 2.37. The summed E-state index contributed by atoms with van der Waals surface area (Å²) in [5.41, 5.74) is 0.295. The van der Waals surface area contributed by atoms with Crippen LogP contribution in [-0.2, 0) is 14.4 Å². The summed E-state index contributed by atoms with van der Waals surface area (Å²) in [5.74, 6) is -0.873. The van der Waals surface area contributed by atoms with Gasteiger partial charge in [0, 0.05) is 32.5 Å². The van der Waals surface area contributed by atoms with Crippen molar-refractivity contribution in [2.75, 3.05) is 31.6 Å². The second-order valence-corrected chi connectivity index (χ2v) is 6.17. The zero-order chi connectivity index (χ0) is 17.3. The Kier molecular flexibility index (Phi) is 4.62. The van der Waals surface area contributed by atoms with Gasteiger partial charge in [0.15, 0.2) is 0 Å². The second kappa shape index (κ2) is 6.68. The monoisotopic (exact) mass is 333 g/mol. The number of hydrogen-bond acceptors (Lipinski definition) is 4. The van der Waals surface area contributed by atoms with Crippen LogP contribution in [-0.4, -0.2) is 60.2 Å². The van der Waals surface area contributed by atoms with Crippen LogP contribution in [0.25, 0.3) is 0 Å². The zero-order valence-electron chi connectivity index (χ0n) is 13.6. The van der Waals surface area contributed by atoms with Gasteiger partial charge in [0.25, 0.3) is 0 Å². The van der Waals surface area contributed by atoms with Gasteiger partial charge in [0.05, 0.1) is 11.7 Å². The van der Waals surface area contributed by atoms with E-state index in [1.807, 2.05) is 4.90 Å². The summed E-state index contributed by atoms with van der Waals surface area (Å²) < 4.78 is 13.9. The van der Waals surface area contributed by atoms with Gasteiger partial charge in [-0.2, -0.15) is 0 Å². The Morgan fingerprint density at radius 3 is 2.50 bits per heavy atom. The van der Waals surface area contributed by atoms with Gasteiger partial charge in [-0.1, -0.05) is 12.1 Å². The number of likely N-dealkylation sites (N-methyl/N-ethyl adjacent to an activating group) is 1. The Morgan fingerprint density at radius 2 is 1.83 bits per heavy atom. The molecule has 1 aromatic carbocycles. The van der Waals surface area contributed by atoms with Crippen molar-refractivity contribution in [1.29, 1.82) is 0 Å². The van der Waals surface area contributed by atoms with E-state index in [9.17, 15) is 18.8 Å². The van der Waals surface area contributed by atoms with Gasteiger partial charge in [-0.15, -0.1) is 0 Å². The third-order valence-electron chi connectivity index (χ3n) is 4.68. The summed E-state index contributed by atoms with van der Waals surface area (Å²) in [6, 6.07) is 5.86. The minimum atomic E-state index is -0.414. The fourth-order valence-electron chi connectivity index (χ4n) is 3.27. The molecule has 0 aliphatic carbocycles. The first-order chi connectivity index (χ1) is 11.5. The molecule has 2 heterocycles. The number of para-hydroxylation sites is 1. The fourth-order valence-corrected chi connectivity index (χ4v) is 3.27. The number of rotatable bonds is 5. The van der Waals surface area contributed by atoms with Crippen molar-refractivity contribution >= 4 is 23.4 Å². The highest BCUT2D eigenvalue weighted by Crippen LogP contribution is 2.26. The van der Waals surface area contributed by atoms with Crippen molar-refractivity contribution in [1.82, 2.24) is 9.80 Å². The largest absolute Gasteiger partial charge is 0.308 e. The highest BCUT2D eigenvalue weighted by molar-refractivity contribution is 6.02. The van der Waals surface area contributed by atoms with E-state index in [-0.39, 0.29) is 43.1 Å². The van der Waals surface area contributed by atoms with Crippen molar-refractivity contribution < 1.29 is 18.8 Å². The van der Waals surface area contributed by atoms with Gasteiger partial charge in [0.2, 0.25) is 17.7 Å². The Labute approximate surface area is 139 Å². The summed E-state index contributed by atoms with van der Waals surface area (Å²) in [4.78, 5) is 40.4. The number of amides is 3. The van der Waals surface area contributed by atoms with Gasteiger partial charge in [-0.25, -0.2) is 4.39 Å². The van der Waals surface area contributed by atoms with Crippen molar-refractivity contribution in [3.8, 4) is 0 Å². The quantitative estimate of drug-likeness (QED) is 0.755. The van der Waals surface area contributed by atoms with Crippen LogP contribution in [0.3, 0.4) is 0 Å². The first kappa shape index (κ1) is 16.6. The van der Waals surface area contributed by atoms with Crippen LogP contribution < -0.4 is 4.90 Å². The number of carbonyl (C=O) groups is 3. The molecule has 2 saturated heterocycles. The Bertz CT molecular complexity index is 663. The predicted molar refractivity (Wildman–Crippen MR) is 85.7 cm³/mol. The third kappa shape index (κ3) is 3.03. The van der Waals surface area contributed by atoms with E-state index in [1.165, 1.54) is 15.9 Å². The number of halogens is 1. The molecule has 7 heteroatoms. The summed E-state index contributed by atoms with van der Waals surface area (Å²) in [5, 5.41) is 0. The average Bonchev–Trinajstić information content (AvgIpc) is 3.09. The molecular weight excluding hydrogens is 313 g/mol. The van der Waals surface area contributed by atoms with Crippen LogP contribution in [0, 0.1) is 5.82 Å². The van der Waals surface area contributed by atoms with Crippen LogP contribution in [0.1, 0.15) is 19.3 Å². The molecule has 6 nitrogen and oxygen atoms in total. The lowest BCUT2D eigenvalue weighted by atomic mass is 10.2.